The van der Waals surface area contributed by atoms with E-state index in [2.05, 4.69) is 20.5 Å². The lowest BCUT2D eigenvalue weighted by Crippen LogP contribution is -2.38. The van der Waals surface area contributed by atoms with Gasteiger partial charge in [0.15, 0.2) is 5.13 Å². The van der Waals surface area contributed by atoms with Gasteiger partial charge < -0.3 is 20.3 Å². The Labute approximate surface area is 220 Å². The first kappa shape index (κ1) is 25.3. The van der Waals surface area contributed by atoms with Gasteiger partial charge in [0, 0.05) is 43.3 Å². The van der Waals surface area contributed by atoms with Crippen LogP contribution in [-0.4, -0.2) is 78.4 Å². The van der Waals surface area contributed by atoms with Crippen molar-refractivity contribution in [3.63, 3.8) is 0 Å². The molecule has 2 N–H and O–H groups in total. The number of hydrogen-bond donors (Lipinski definition) is 2. The van der Waals surface area contributed by atoms with E-state index in [9.17, 15) is 14.4 Å². The number of morpholine rings is 1. The summed E-state index contributed by atoms with van der Waals surface area (Å²) >= 11 is 1.33. The fourth-order valence-corrected chi connectivity index (χ4v) is 5.36. The second kappa shape index (κ2) is 11.8. The number of thiazole rings is 1. The number of nitrogens with one attached hydrogen (secondary N) is 2. The minimum Gasteiger partial charge on any atom is -0.379 e. The van der Waals surface area contributed by atoms with Crippen molar-refractivity contribution in [2.24, 2.45) is 5.92 Å². The molecule has 194 valence electrons. The predicted octanol–water partition coefficient (Wildman–Crippen LogP) is 2.54. The normalized spacial score (nSPS) is 19.5. The second-order valence-electron chi connectivity index (χ2n) is 9.38. The van der Waals surface area contributed by atoms with E-state index in [1.165, 1.54) is 16.2 Å². The first-order chi connectivity index (χ1) is 18.1. The number of aromatic nitrogens is 1. The molecule has 37 heavy (non-hydrogen) atoms. The fraction of sp³-hybridized carbons (Fsp3) is 0.407. The van der Waals surface area contributed by atoms with E-state index >= 15 is 0 Å². The van der Waals surface area contributed by atoms with Crippen molar-refractivity contribution >= 4 is 39.8 Å². The van der Waals surface area contributed by atoms with Gasteiger partial charge in [-0.3, -0.25) is 19.3 Å². The highest BCUT2D eigenvalue weighted by Crippen LogP contribution is 2.30. The van der Waals surface area contributed by atoms with Gasteiger partial charge in [-0.1, -0.05) is 30.4 Å². The second-order valence-corrected chi connectivity index (χ2v) is 10.3. The van der Waals surface area contributed by atoms with E-state index in [0.29, 0.717) is 30.2 Å². The van der Waals surface area contributed by atoms with Crippen LogP contribution in [0.5, 0.6) is 0 Å². The lowest BCUT2D eigenvalue weighted by atomic mass is 9.90. The summed E-state index contributed by atoms with van der Waals surface area (Å²) in [4.78, 5) is 46.1. The van der Waals surface area contributed by atoms with Crippen LogP contribution in [0, 0.1) is 5.92 Å². The number of ether oxygens (including phenoxy) is 1. The molecule has 3 aliphatic rings. The minimum absolute atomic E-state index is 0.0264. The molecule has 2 aliphatic heterocycles. The predicted molar refractivity (Wildman–Crippen MR) is 142 cm³/mol. The molecule has 1 unspecified atom stereocenters. The summed E-state index contributed by atoms with van der Waals surface area (Å²) in [5.74, 6) is -0.647. The van der Waals surface area contributed by atoms with Gasteiger partial charge in [-0.05, 0) is 42.2 Å². The van der Waals surface area contributed by atoms with Crippen LogP contribution in [0.1, 0.15) is 34.3 Å². The average molecular weight is 522 g/mol. The maximum atomic E-state index is 13.0. The van der Waals surface area contributed by atoms with Crippen molar-refractivity contribution in [3.05, 3.63) is 64.7 Å². The summed E-state index contributed by atoms with van der Waals surface area (Å²) < 4.78 is 5.38. The summed E-state index contributed by atoms with van der Waals surface area (Å²) in [5, 5.41) is 8.09. The van der Waals surface area contributed by atoms with E-state index in [1.54, 1.807) is 11.6 Å². The summed E-state index contributed by atoms with van der Waals surface area (Å²) in [6.07, 6.45) is 9.19. The number of anilines is 1. The van der Waals surface area contributed by atoms with E-state index in [0.717, 1.165) is 56.0 Å². The number of carbonyl (C=O) groups is 3. The highest BCUT2D eigenvalue weighted by molar-refractivity contribution is 7.13. The molecule has 1 aliphatic carbocycles. The third-order valence-corrected chi connectivity index (χ3v) is 7.48. The van der Waals surface area contributed by atoms with Gasteiger partial charge in [0.1, 0.15) is 6.54 Å². The number of nitrogens with zero attached hydrogens (tertiary/aromatic N) is 3. The maximum Gasteiger partial charge on any atom is 0.254 e. The number of fused-ring (bicyclic) bond motifs is 1. The molecule has 2 aromatic rings. The lowest BCUT2D eigenvalue weighted by Gasteiger charge is -2.26. The topological polar surface area (TPSA) is 104 Å². The van der Waals surface area contributed by atoms with E-state index in [4.69, 9.17) is 4.74 Å². The Bertz CT molecular complexity index is 1200. The Morgan fingerprint density at radius 1 is 1.22 bits per heavy atom. The van der Waals surface area contributed by atoms with Crippen molar-refractivity contribution in [1.29, 1.82) is 0 Å². The molecule has 1 aromatic heterocycles. The van der Waals surface area contributed by atoms with Gasteiger partial charge in [-0.15, -0.1) is 11.3 Å². The van der Waals surface area contributed by atoms with Crippen molar-refractivity contribution in [3.8, 4) is 0 Å². The van der Waals surface area contributed by atoms with Gasteiger partial charge in [-0.2, -0.15) is 0 Å². The number of allylic oxidation sites excluding steroid dienone is 3. The van der Waals surface area contributed by atoms with Gasteiger partial charge in [0.05, 0.1) is 19.1 Å². The van der Waals surface area contributed by atoms with Crippen LogP contribution in [0.3, 0.4) is 0 Å². The van der Waals surface area contributed by atoms with Gasteiger partial charge >= 0.3 is 0 Å². The molecule has 9 nitrogen and oxygen atoms in total. The zero-order valence-electron chi connectivity index (χ0n) is 20.7. The quantitative estimate of drug-likeness (QED) is 0.492. The molecule has 5 rings (SSSR count). The van der Waals surface area contributed by atoms with Gasteiger partial charge in [0.25, 0.3) is 5.91 Å². The SMILES string of the molecule is O=C(CN1Cc2ccc(C3=CC(C(=O)NCCCN4CCOCC4)CC=C3)cc2C1=O)Nc1nccs1. The number of carbonyl (C=O) groups excluding carboxylic acids is 3. The lowest BCUT2D eigenvalue weighted by molar-refractivity contribution is -0.123. The third-order valence-electron chi connectivity index (χ3n) is 6.79. The molecule has 0 radical (unpaired) electrons. The molecule has 1 aromatic carbocycles. The molecular formula is C27H31N5O4S. The molecule has 0 bridgehead atoms. The molecule has 0 saturated carbocycles. The zero-order valence-corrected chi connectivity index (χ0v) is 21.5. The van der Waals surface area contributed by atoms with Crippen molar-refractivity contribution in [2.45, 2.75) is 19.4 Å². The number of rotatable bonds is 9. The Morgan fingerprint density at radius 3 is 2.89 bits per heavy atom. The summed E-state index contributed by atoms with van der Waals surface area (Å²) in [5.41, 5.74) is 3.31. The van der Waals surface area contributed by atoms with Crippen LogP contribution in [0.25, 0.3) is 5.57 Å². The number of amides is 3. The van der Waals surface area contributed by atoms with Gasteiger partial charge in [-0.25, -0.2) is 4.98 Å². The zero-order chi connectivity index (χ0) is 25.6. The molecule has 1 saturated heterocycles. The van der Waals surface area contributed by atoms with Crippen LogP contribution >= 0.6 is 11.3 Å². The van der Waals surface area contributed by atoms with Crippen LogP contribution in [-0.2, 0) is 20.9 Å². The summed E-state index contributed by atoms with van der Waals surface area (Å²) in [6.45, 7) is 5.44. The van der Waals surface area contributed by atoms with Crippen molar-refractivity contribution in [2.75, 3.05) is 51.3 Å². The number of benzene rings is 1. The summed E-state index contributed by atoms with van der Waals surface area (Å²) in [7, 11) is 0. The highest BCUT2D eigenvalue weighted by atomic mass is 32.1. The minimum atomic E-state index is -0.270. The molecule has 1 atom stereocenters. The molecule has 3 amide bonds. The van der Waals surface area contributed by atoms with Crippen LogP contribution in [0.2, 0.25) is 0 Å². The monoisotopic (exact) mass is 521 g/mol. The smallest absolute Gasteiger partial charge is 0.254 e. The molecule has 3 heterocycles. The Balaban J connectivity index is 1.16. The number of hydrogen-bond acceptors (Lipinski definition) is 7. The molecule has 10 heteroatoms. The fourth-order valence-electron chi connectivity index (χ4n) is 4.81. The Hall–Kier alpha value is -3.34. The first-order valence-electron chi connectivity index (χ1n) is 12.6. The molecule has 0 spiro atoms. The third kappa shape index (κ3) is 6.33. The van der Waals surface area contributed by atoms with Crippen LogP contribution in [0.4, 0.5) is 5.13 Å². The largest absolute Gasteiger partial charge is 0.379 e. The average Bonchev–Trinajstić information content (AvgIpc) is 3.54. The van der Waals surface area contributed by atoms with Crippen LogP contribution < -0.4 is 10.6 Å². The standard InChI is InChI=1S/C27H31N5O4S/c33-24(30-27-29-8-14-37-27)18-32-17-22-6-5-20(16-23(22)26(32)35)19-3-1-4-21(15-19)25(34)28-7-2-9-31-10-12-36-13-11-31/h1,3,5-6,8,14-16,21H,2,4,7,9-13,17-18H2,(H,28,34)(H,29,30,33). The van der Waals surface area contributed by atoms with Crippen LogP contribution in [0.15, 0.2) is 48.0 Å². The maximum absolute atomic E-state index is 13.0. The Morgan fingerprint density at radius 2 is 2.08 bits per heavy atom. The van der Waals surface area contributed by atoms with Crippen molar-refractivity contribution in [1.82, 2.24) is 20.1 Å². The molecule has 1 fully saturated rings. The van der Waals surface area contributed by atoms with Gasteiger partial charge in [0.2, 0.25) is 11.8 Å². The first-order valence-corrected chi connectivity index (χ1v) is 13.5. The Kier molecular flexibility index (Phi) is 8.08. The van der Waals surface area contributed by atoms with E-state index in [1.807, 2.05) is 36.4 Å². The summed E-state index contributed by atoms with van der Waals surface area (Å²) in [6, 6.07) is 5.78. The molecular weight excluding hydrogens is 490 g/mol. The van der Waals surface area contributed by atoms with Crippen molar-refractivity contribution < 1.29 is 19.1 Å². The highest BCUT2D eigenvalue weighted by Gasteiger charge is 2.29. The van der Waals surface area contributed by atoms with E-state index < -0.39 is 0 Å². The van der Waals surface area contributed by atoms with E-state index in [-0.39, 0.29) is 30.2 Å².